The summed E-state index contributed by atoms with van der Waals surface area (Å²) in [7, 11) is 0. The molecule has 1 aliphatic rings. The van der Waals surface area contributed by atoms with Gasteiger partial charge in [-0.15, -0.1) is 11.3 Å². The van der Waals surface area contributed by atoms with Crippen LogP contribution in [-0.4, -0.2) is 23.7 Å². The molecule has 0 saturated carbocycles. The summed E-state index contributed by atoms with van der Waals surface area (Å²) >= 11 is 1.56. The van der Waals surface area contributed by atoms with E-state index in [0.29, 0.717) is 17.2 Å². The monoisotopic (exact) mass is 389 g/mol. The van der Waals surface area contributed by atoms with Crippen LogP contribution in [0.5, 0.6) is 17.2 Å². The van der Waals surface area contributed by atoms with Crippen molar-refractivity contribution >= 4 is 27.5 Å². The minimum Gasteiger partial charge on any atom is -0.485 e. The van der Waals surface area contributed by atoms with Crippen molar-refractivity contribution in [3.63, 3.8) is 0 Å². The maximum Gasteiger partial charge on any atom is 0.356 e. The highest BCUT2D eigenvalue weighted by Crippen LogP contribution is 2.36. The molecule has 0 saturated heterocycles. The van der Waals surface area contributed by atoms with Gasteiger partial charge in [-0.1, -0.05) is 36.4 Å². The number of nitrogens with zero attached hydrogens (tertiary/aromatic N) is 1. The third-order valence-electron chi connectivity index (χ3n) is 4.39. The summed E-state index contributed by atoms with van der Waals surface area (Å²) in [5.41, 5.74) is 1.69. The highest BCUT2D eigenvalue weighted by Gasteiger charge is 2.29. The smallest absolute Gasteiger partial charge is 0.356 e. The summed E-state index contributed by atoms with van der Waals surface area (Å²) in [5.74, 6) is 1.12. The first-order valence-corrected chi connectivity index (χ1v) is 9.65. The Kier molecular flexibility index (Phi) is 4.18. The number of thiazole rings is 1. The molecule has 1 aliphatic heterocycles. The molecule has 28 heavy (non-hydrogen) atoms. The highest BCUT2D eigenvalue weighted by atomic mass is 32.1. The standard InChI is InChI=1S/C22H15NO4S/c24-22(19-13-25-17-10-4-5-11-18(17)26-19)27-16-9-3-1-7-14(16)21-23-15-8-2-6-12-20(15)28-21/h1-12,19H,13H2/t19-/m1/s1. The molecule has 0 bridgehead atoms. The van der Waals surface area contributed by atoms with Gasteiger partial charge >= 0.3 is 5.97 Å². The Morgan fingerprint density at radius 2 is 1.71 bits per heavy atom. The van der Waals surface area contributed by atoms with E-state index < -0.39 is 12.1 Å². The van der Waals surface area contributed by atoms with E-state index in [1.807, 2.05) is 54.6 Å². The Morgan fingerprint density at radius 1 is 0.964 bits per heavy atom. The molecule has 138 valence electrons. The maximum atomic E-state index is 12.7. The Bertz CT molecular complexity index is 1140. The summed E-state index contributed by atoms with van der Waals surface area (Å²) < 4.78 is 18.1. The summed E-state index contributed by atoms with van der Waals surface area (Å²) in [6.45, 7) is 0.110. The first-order valence-electron chi connectivity index (χ1n) is 8.83. The van der Waals surface area contributed by atoms with Crippen LogP contribution in [0.4, 0.5) is 0 Å². The number of aromatic nitrogens is 1. The number of benzene rings is 3. The molecule has 4 aromatic rings. The zero-order chi connectivity index (χ0) is 18.9. The van der Waals surface area contributed by atoms with Crippen LogP contribution in [-0.2, 0) is 4.79 Å². The first-order chi connectivity index (χ1) is 13.8. The minimum atomic E-state index is -0.821. The predicted molar refractivity (Wildman–Crippen MR) is 107 cm³/mol. The fourth-order valence-corrected chi connectivity index (χ4v) is 4.03. The maximum absolute atomic E-state index is 12.7. The van der Waals surface area contributed by atoms with Gasteiger partial charge in [-0.3, -0.25) is 0 Å². The topological polar surface area (TPSA) is 57.7 Å². The summed E-state index contributed by atoms with van der Waals surface area (Å²) in [6.07, 6.45) is -0.821. The number of fused-ring (bicyclic) bond motifs is 2. The van der Waals surface area contributed by atoms with Crippen LogP contribution in [0.15, 0.2) is 72.8 Å². The van der Waals surface area contributed by atoms with Crippen molar-refractivity contribution in [3.05, 3.63) is 72.8 Å². The molecule has 1 atom stereocenters. The van der Waals surface area contributed by atoms with E-state index in [1.165, 1.54) is 0 Å². The first kappa shape index (κ1) is 16.8. The number of para-hydroxylation sites is 4. The lowest BCUT2D eigenvalue weighted by Crippen LogP contribution is -2.39. The van der Waals surface area contributed by atoms with Crippen molar-refractivity contribution < 1.29 is 19.0 Å². The van der Waals surface area contributed by atoms with Gasteiger partial charge in [-0.25, -0.2) is 9.78 Å². The molecule has 6 heteroatoms. The zero-order valence-corrected chi connectivity index (χ0v) is 15.5. The van der Waals surface area contributed by atoms with Crippen LogP contribution in [0.25, 0.3) is 20.8 Å². The average Bonchev–Trinajstić information content (AvgIpc) is 3.18. The molecule has 0 fully saturated rings. The summed E-state index contributed by atoms with van der Waals surface area (Å²) in [5, 5.41) is 0.802. The van der Waals surface area contributed by atoms with Crippen LogP contribution in [0, 0.1) is 0 Å². The number of hydrogen-bond donors (Lipinski definition) is 0. The lowest BCUT2D eigenvalue weighted by molar-refractivity contribution is -0.144. The second-order valence-corrected chi connectivity index (χ2v) is 7.30. The van der Waals surface area contributed by atoms with Crippen molar-refractivity contribution in [2.75, 3.05) is 6.61 Å². The van der Waals surface area contributed by atoms with Gasteiger partial charge in [0.1, 0.15) is 17.4 Å². The predicted octanol–water partition coefficient (Wildman–Crippen LogP) is 4.71. The van der Waals surface area contributed by atoms with Crippen LogP contribution in [0.3, 0.4) is 0 Å². The van der Waals surface area contributed by atoms with Crippen LogP contribution >= 0.6 is 11.3 Å². The van der Waals surface area contributed by atoms with Crippen molar-refractivity contribution in [3.8, 4) is 27.8 Å². The lowest BCUT2D eigenvalue weighted by atomic mass is 10.2. The molecule has 1 aromatic heterocycles. The second-order valence-electron chi connectivity index (χ2n) is 6.27. The highest BCUT2D eigenvalue weighted by molar-refractivity contribution is 7.21. The molecule has 3 aromatic carbocycles. The van der Waals surface area contributed by atoms with Gasteiger partial charge < -0.3 is 14.2 Å². The summed E-state index contributed by atoms with van der Waals surface area (Å²) in [4.78, 5) is 17.4. The van der Waals surface area contributed by atoms with Crippen molar-refractivity contribution in [1.29, 1.82) is 0 Å². The Balaban J connectivity index is 1.41. The van der Waals surface area contributed by atoms with Crippen LogP contribution < -0.4 is 14.2 Å². The minimum absolute atomic E-state index is 0.110. The molecule has 5 rings (SSSR count). The van der Waals surface area contributed by atoms with E-state index in [2.05, 4.69) is 4.98 Å². The number of rotatable bonds is 3. The largest absolute Gasteiger partial charge is 0.485 e. The van der Waals surface area contributed by atoms with Gasteiger partial charge in [0.15, 0.2) is 11.5 Å². The van der Waals surface area contributed by atoms with E-state index >= 15 is 0 Å². The fraction of sp³-hybridized carbons (Fsp3) is 0.0909. The fourth-order valence-electron chi connectivity index (χ4n) is 3.03. The normalized spacial score (nSPS) is 15.4. The Morgan fingerprint density at radius 3 is 2.61 bits per heavy atom. The van der Waals surface area contributed by atoms with Gasteiger partial charge in [0.05, 0.1) is 15.8 Å². The van der Waals surface area contributed by atoms with E-state index in [9.17, 15) is 4.79 Å². The van der Waals surface area contributed by atoms with Crippen LogP contribution in [0.1, 0.15) is 0 Å². The molecule has 0 aliphatic carbocycles. The van der Waals surface area contributed by atoms with Crippen molar-refractivity contribution in [2.24, 2.45) is 0 Å². The SMILES string of the molecule is O=C(Oc1ccccc1-c1nc2ccccc2s1)[C@H]1COc2ccccc2O1. The van der Waals surface area contributed by atoms with Gasteiger partial charge in [0.2, 0.25) is 6.10 Å². The molecule has 0 spiro atoms. The molecule has 2 heterocycles. The Labute approximate surface area is 165 Å². The summed E-state index contributed by atoms with van der Waals surface area (Å²) in [6, 6.07) is 22.6. The van der Waals surface area contributed by atoms with Gasteiger partial charge in [0, 0.05) is 0 Å². The number of hydrogen-bond acceptors (Lipinski definition) is 6. The van der Waals surface area contributed by atoms with Crippen molar-refractivity contribution in [1.82, 2.24) is 4.98 Å². The number of esters is 1. The number of carbonyl (C=O) groups is 1. The zero-order valence-electron chi connectivity index (χ0n) is 14.7. The Hall–Kier alpha value is -3.38. The molecule has 0 radical (unpaired) electrons. The molecule has 0 amide bonds. The molecule has 0 unspecified atom stereocenters. The van der Waals surface area contributed by atoms with E-state index in [4.69, 9.17) is 14.2 Å². The van der Waals surface area contributed by atoms with Crippen molar-refractivity contribution in [2.45, 2.75) is 6.10 Å². The molecule has 5 nitrogen and oxygen atoms in total. The van der Waals surface area contributed by atoms with Crippen LogP contribution in [0.2, 0.25) is 0 Å². The van der Waals surface area contributed by atoms with Gasteiger partial charge in [-0.05, 0) is 36.4 Å². The third kappa shape index (κ3) is 3.08. The molecular weight excluding hydrogens is 374 g/mol. The lowest BCUT2D eigenvalue weighted by Gasteiger charge is -2.25. The van der Waals surface area contributed by atoms with Gasteiger partial charge in [0.25, 0.3) is 0 Å². The van der Waals surface area contributed by atoms with E-state index in [0.717, 1.165) is 20.8 Å². The van der Waals surface area contributed by atoms with E-state index in [-0.39, 0.29) is 6.61 Å². The average molecular weight is 389 g/mol. The second kappa shape index (κ2) is 6.98. The molecular formula is C22H15NO4S. The number of carbonyl (C=O) groups excluding carboxylic acids is 1. The van der Waals surface area contributed by atoms with Gasteiger partial charge in [-0.2, -0.15) is 0 Å². The quantitative estimate of drug-likeness (QED) is 0.375. The molecule has 0 N–H and O–H groups in total. The third-order valence-corrected chi connectivity index (χ3v) is 5.46. The number of ether oxygens (including phenoxy) is 3. The van der Waals surface area contributed by atoms with E-state index in [1.54, 1.807) is 29.5 Å².